The molecule has 4 heteroatoms. The summed E-state index contributed by atoms with van der Waals surface area (Å²) >= 11 is 0. The minimum atomic E-state index is 0.324. The number of hydrogen-bond acceptors (Lipinski definition) is 3. The van der Waals surface area contributed by atoms with Crippen LogP contribution in [0.2, 0.25) is 0 Å². The molecule has 1 unspecified atom stereocenters. The standard InChI is InChI=1S/C7H15N3O/c1-9-7(10-8)5-6-3-2-4-11-6/h6H,2-5,8H2,1H3,(H,9,10). The van der Waals surface area contributed by atoms with E-state index in [0.29, 0.717) is 6.10 Å². The number of amidine groups is 1. The fourth-order valence-electron chi connectivity index (χ4n) is 1.24. The van der Waals surface area contributed by atoms with Gasteiger partial charge < -0.3 is 10.2 Å². The monoisotopic (exact) mass is 157 g/mol. The molecule has 3 N–H and O–H groups in total. The van der Waals surface area contributed by atoms with Gasteiger partial charge in [-0.3, -0.25) is 4.99 Å². The number of hydrazine groups is 1. The van der Waals surface area contributed by atoms with E-state index in [1.807, 2.05) is 0 Å². The number of rotatable bonds is 2. The highest BCUT2D eigenvalue weighted by atomic mass is 16.5. The first kappa shape index (κ1) is 8.49. The van der Waals surface area contributed by atoms with Crippen LogP contribution in [0.15, 0.2) is 4.99 Å². The number of hydrogen-bond donors (Lipinski definition) is 2. The van der Waals surface area contributed by atoms with Crippen LogP contribution >= 0.6 is 0 Å². The third-order valence-corrected chi connectivity index (χ3v) is 1.88. The fraction of sp³-hybridized carbons (Fsp3) is 0.857. The van der Waals surface area contributed by atoms with Gasteiger partial charge in [-0.15, -0.1) is 0 Å². The molecule has 0 spiro atoms. The maximum Gasteiger partial charge on any atom is 0.113 e. The molecule has 64 valence electrons. The Hall–Kier alpha value is -0.610. The second-order valence-electron chi connectivity index (χ2n) is 2.65. The summed E-state index contributed by atoms with van der Waals surface area (Å²) in [6.07, 6.45) is 3.42. The van der Waals surface area contributed by atoms with Crippen LogP contribution in [-0.2, 0) is 4.74 Å². The molecule has 1 aliphatic rings. The maximum atomic E-state index is 5.41. The lowest BCUT2D eigenvalue weighted by Crippen LogP contribution is -2.32. The third kappa shape index (κ3) is 2.48. The van der Waals surface area contributed by atoms with Gasteiger partial charge in [0.1, 0.15) is 5.84 Å². The van der Waals surface area contributed by atoms with Crippen molar-refractivity contribution in [1.82, 2.24) is 5.43 Å². The van der Waals surface area contributed by atoms with Crippen molar-refractivity contribution < 1.29 is 4.74 Å². The smallest absolute Gasteiger partial charge is 0.113 e. The Balaban J connectivity index is 2.27. The molecule has 0 aromatic heterocycles. The van der Waals surface area contributed by atoms with Gasteiger partial charge in [0.15, 0.2) is 0 Å². The molecule has 4 nitrogen and oxygen atoms in total. The Bertz CT molecular complexity index is 141. The number of aliphatic imine (C=N–C) groups is 1. The molecule has 1 atom stereocenters. The molecular formula is C7H15N3O. The van der Waals surface area contributed by atoms with Crippen molar-refractivity contribution in [2.75, 3.05) is 13.7 Å². The molecular weight excluding hydrogens is 142 g/mol. The number of nitrogens with one attached hydrogen (secondary N) is 1. The van der Waals surface area contributed by atoms with Crippen LogP contribution < -0.4 is 11.3 Å². The quantitative estimate of drug-likeness (QED) is 0.258. The molecule has 0 bridgehead atoms. The number of ether oxygens (including phenoxy) is 1. The van der Waals surface area contributed by atoms with Crippen LogP contribution in [0.5, 0.6) is 0 Å². The van der Waals surface area contributed by atoms with Crippen LogP contribution in [0.4, 0.5) is 0 Å². The normalized spacial score (nSPS) is 25.6. The predicted molar refractivity (Wildman–Crippen MR) is 44.3 cm³/mol. The molecule has 0 radical (unpaired) electrons. The van der Waals surface area contributed by atoms with Crippen molar-refractivity contribution in [1.29, 1.82) is 0 Å². The van der Waals surface area contributed by atoms with E-state index < -0.39 is 0 Å². The zero-order valence-electron chi connectivity index (χ0n) is 6.84. The summed E-state index contributed by atoms with van der Waals surface area (Å²) in [5, 5.41) is 0. The van der Waals surface area contributed by atoms with E-state index >= 15 is 0 Å². The van der Waals surface area contributed by atoms with Gasteiger partial charge in [-0.1, -0.05) is 0 Å². The third-order valence-electron chi connectivity index (χ3n) is 1.88. The number of nitrogens with two attached hydrogens (primary N) is 1. The summed E-state index contributed by atoms with van der Waals surface area (Å²) < 4.78 is 5.41. The molecule has 0 aromatic carbocycles. The van der Waals surface area contributed by atoms with Gasteiger partial charge in [-0.05, 0) is 12.8 Å². The van der Waals surface area contributed by atoms with E-state index in [1.165, 1.54) is 0 Å². The Morgan fingerprint density at radius 1 is 1.82 bits per heavy atom. The van der Waals surface area contributed by atoms with Crippen molar-refractivity contribution in [2.24, 2.45) is 10.8 Å². The van der Waals surface area contributed by atoms with Gasteiger partial charge >= 0.3 is 0 Å². The molecule has 1 heterocycles. The van der Waals surface area contributed by atoms with E-state index in [2.05, 4.69) is 10.4 Å². The van der Waals surface area contributed by atoms with Crippen LogP contribution in [0.25, 0.3) is 0 Å². The summed E-state index contributed by atoms with van der Waals surface area (Å²) in [6.45, 7) is 0.881. The molecule has 1 aliphatic heterocycles. The summed E-state index contributed by atoms with van der Waals surface area (Å²) in [4.78, 5) is 3.97. The van der Waals surface area contributed by atoms with Crippen molar-refractivity contribution in [3.8, 4) is 0 Å². The Labute approximate surface area is 66.8 Å². The lowest BCUT2D eigenvalue weighted by Gasteiger charge is -2.09. The van der Waals surface area contributed by atoms with Gasteiger partial charge in [-0.25, -0.2) is 5.84 Å². The Morgan fingerprint density at radius 2 is 2.64 bits per heavy atom. The zero-order valence-corrected chi connectivity index (χ0v) is 6.84. The van der Waals surface area contributed by atoms with Crippen molar-refractivity contribution in [3.63, 3.8) is 0 Å². The predicted octanol–water partition coefficient (Wildman–Crippen LogP) is 0.0471. The number of nitrogens with zero attached hydrogens (tertiary/aromatic N) is 1. The van der Waals surface area contributed by atoms with Gasteiger partial charge in [0, 0.05) is 20.1 Å². The average molecular weight is 157 g/mol. The Morgan fingerprint density at radius 3 is 3.09 bits per heavy atom. The topological polar surface area (TPSA) is 59.6 Å². The summed E-state index contributed by atoms with van der Waals surface area (Å²) in [5.74, 6) is 6.04. The van der Waals surface area contributed by atoms with E-state index in [1.54, 1.807) is 7.05 Å². The van der Waals surface area contributed by atoms with Crippen LogP contribution in [0.1, 0.15) is 19.3 Å². The zero-order chi connectivity index (χ0) is 8.10. The molecule has 11 heavy (non-hydrogen) atoms. The molecule has 0 amide bonds. The highest BCUT2D eigenvalue weighted by Crippen LogP contribution is 2.14. The molecule has 0 aromatic rings. The molecule has 1 fully saturated rings. The van der Waals surface area contributed by atoms with E-state index in [-0.39, 0.29) is 0 Å². The average Bonchev–Trinajstić information content (AvgIpc) is 2.52. The highest BCUT2D eigenvalue weighted by molar-refractivity contribution is 5.81. The largest absolute Gasteiger partial charge is 0.378 e. The molecule has 1 saturated heterocycles. The molecule has 1 rings (SSSR count). The minimum absolute atomic E-state index is 0.324. The summed E-state index contributed by atoms with van der Waals surface area (Å²) in [5.41, 5.74) is 2.55. The summed E-state index contributed by atoms with van der Waals surface area (Å²) in [7, 11) is 1.73. The van der Waals surface area contributed by atoms with Crippen LogP contribution in [-0.4, -0.2) is 25.6 Å². The van der Waals surface area contributed by atoms with E-state index in [9.17, 15) is 0 Å². The van der Waals surface area contributed by atoms with Gasteiger partial charge in [0.2, 0.25) is 0 Å². The van der Waals surface area contributed by atoms with Crippen LogP contribution in [0, 0.1) is 0 Å². The van der Waals surface area contributed by atoms with Crippen molar-refractivity contribution in [3.05, 3.63) is 0 Å². The first-order chi connectivity index (χ1) is 5.36. The fourth-order valence-corrected chi connectivity index (χ4v) is 1.24. The molecule has 0 aliphatic carbocycles. The first-order valence-corrected chi connectivity index (χ1v) is 3.90. The van der Waals surface area contributed by atoms with Crippen molar-refractivity contribution >= 4 is 5.84 Å². The maximum absolute atomic E-state index is 5.41. The first-order valence-electron chi connectivity index (χ1n) is 3.90. The highest BCUT2D eigenvalue weighted by Gasteiger charge is 2.16. The molecule has 0 saturated carbocycles. The SMILES string of the molecule is CN=C(CC1CCCO1)NN. The van der Waals surface area contributed by atoms with Gasteiger partial charge in [0.25, 0.3) is 0 Å². The van der Waals surface area contributed by atoms with E-state index in [4.69, 9.17) is 10.6 Å². The van der Waals surface area contributed by atoms with Gasteiger partial charge in [0.05, 0.1) is 6.10 Å². The van der Waals surface area contributed by atoms with Crippen LogP contribution in [0.3, 0.4) is 0 Å². The lowest BCUT2D eigenvalue weighted by molar-refractivity contribution is 0.116. The minimum Gasteiger partial charge on any atom is -0.378 e. The second-order valence-corrected chi connectivity index (χ2v) is 2.65. The van der Waals surface area contributed by atoms with Crippen molar-refractivity contribution in [2.45, 2.75) is 25.4 Å². The second kappa shape index (κ2) is 4.31. The lowest BCUT2D eigenvalue weighted by atomic mass is 10.2. The van der Waals surface area contributed by atoms with Gasteiger partial charge in [-0.2, -0.15) is 0 Å². The Kier molecular flexibility index (Phi) is 3.32. The van der Waals surface area contributed by atoms with E-state index in [0.717, 1.165) is 31.7 Å². The summed E-state index contributed by atoms with van der Waals surface area (Å²) in [6, 6.07) is 0.